The second-order valence-corrected chi connectivity index (χ2v) is 4.99. The van der Waals surface area contributed by atoms with Crippen molar-refractivity contribution >= 4 is 5.91 Å². The smallest absolute Gasteiger partial charge is 0.216 e. The lowest BCUT2D eigenvalue weighted by Crippen LogP contribution is -2.43. The van der Waals surface area contributed by atoms with Gasteiger partial charge in [-0.15, -0.1) is 0 Å². The van der Waals surface area contributed by atoms with Gasteiger partial charge in [0.25, 0.3) is 0 Å². The van der Waals surface area contributed by atoms with Crippen LogP contribution < -0.4 is 11.1 Å². The van der Waals surface area contributed by atoms with Gasteiger partial charge in [-0.3, -0.25) is 4.79 Å². The largest absolute Gasteiger partial charge is 0.356 e. The van der Waals surface area contributed by atoms with E-state index in [1.54, 1.807) is 0 Å². The van der Waals surface area contributed by atoms with Crippen LogP contribution in [0.4, 0.5) is 0 Å². The van der Waals surface area contributed by atoms with E-state index in [4.69, 9.17) is 5.73 Å². The number of carbonyl (C=O) groups is 1. The van der Waals surface area contributed by atoms with Crippen molar-refractivity contribution in [2.75, 3.05) is 6.54 Å². The molecule has 84 valence electrons. The van der Waals surface area contributed by atoms with Crippen molar-refractivity contribution in [1.29, 1.82) is 0 Å². The Morgan fingerprint density at radius 2 is 1.93 bits per heavy atom. The van der Waals surface area contributed by atoms with Crippen LogP contribution in [0.15, 0.2) is 0 Å². The average Bonchev–Trinajstić information content (AvgIpc) is 2.01. The van der Waals surface area contributed by atoms with Crippen LogP contribution in [0.5, 0.6) is 0 Å². The molecule has 0 bridgehead atoms. The van der Waals surface area contributed by atoms with Gasteiger partial charge in [-0.1, -0.05) is 27.7 Å². The second-order valence-electron chi connectivity index (χ2n) is 4.99. The summed E-state index contributed by atoms with van der Waals surface area (Å²) < 4.78 is 0. The molecule has 3 N–H and O–H groups in total. The van der Waals surface area contributed by atoms with E-state index in [-0.39, 0.29) is 17.4 Å². The highest BCUT2D eigenvalue weighted by molar-refractivity contribution is 5.72. The summed E-state index contributed by atoms with van der Waals surface area (Å²) in [6, 6.07) is 0.177. The molecule has 0 aliphatic heterocycles. The van der Waals surface area contributed by atoms with Gasteiger partial charge in [-0.2, -0.15) is 0 Å². The lowest BCUT2D eigenvalue weighted by atomic mass is 9.76. The monoisotopic (exact) mass is 200 g/mol. The SMILES string of the molecule is CC(=O)NCCC(C)(C)[C@@H](N)C(C)C. The Morgan fingerprint density at radius 3 is 2.29 bits per heavy atom. The van der Waals surface area contributed by atoms with Crippen molar-refractivity contribution in [3.8, 4) is 0 Å². The zero-order valence-corrected chi connectivity index (χ0v) is 10.1. The summed E-state index contributed by atoms with van der Waals surface area (Å²) in [5.74, 6) is 0.501. The van der Waals surface area contributed by atoms with E-state index in [2.05, 4.69) is 33.0 Å². The Balaban J connectivity index is 4.00. The van der Waals surface area contributed by atoms with Crippen LogP contribution in [0, 0.1) is 11.3 Å². The topological polar surface area (TPSA) is 55.1 Å². The van der Waals surface area contributed by atoms with Crippen molar-refractivity contribution in [1.82, 2.24) is 5.32 Å². The number of amides is 1. The molecule has 0 aliphatic carbocycles. The Morgan fingerprint density at radius 1 is 1.43 bits per heavy atom. The Kier molecular flexibility index (Phi) is 5.13. The zero-order valence-electron chi connectivity index (χ0n) is 10.1. The predicted molar refractivity (Wildman–Crippen MR) is 59.9 cm³/mol. The van der Waals surface area contributed by atoms with E-state index in [0.717, 1.165) is 6.42 Å². The lowest BCUT2D eigenvalue weighted by Gasteiger charge is -2.34. The van der Waals surface area contributed by atoms with E-state index in [9.17, 15) is 4.79 Å². The third-order valence-corrected chi connectivity index (χ3v) is 2.76. The first-order chi connectivity index (χ1) is 6.27. The normalized spacial score (nSPS) is 14.2. The minimum absolute atomic E-state index is 0.0268. The standard InChI is InChI=1S/C11H24N2O/c1-8(2)10(12)11(4,5)6-7-13-9(3)14/h8,10H,6-7,12H2,1-5H3,(H,13,14)/t10-/m0/s1. The molecule has 0 aliphatic rings. The highest BCUT2D eigenvalue weighted by Gasteiger charge is 2.28. The Bertz CT molecular complexity index is 188. The van der Waals surface area contributed by atoms with Gasteiger partial charge in [0.15, 0.2) is 0 Å². The van der Waals surface area contributed by atoms with Crippen LogP contribution in [0.1, 0.15) is 41.0 Å². The molecule has 0 unspecified atom stereocenters. The first-order valence-electron chi connectivity index (χ1n) is 5.27. The Labute approximate surface area is 87.4 Å². The van der Waals surface area contributed by atoms with Crippen molar-refractivity contribution in [3.05, 3.63) is 0 Å². The molecule has 0 saturated heterocycles. The van der Waals surface area contributed by atoms with Crippen LogP contribution in [-0.2, 0) is 4.79 Å². The first kappa shape index (κ1) is 13.4. The average molecular weight is 200 g/mol. The molecular formula is C11H24N2O. The van der Waals surface area contributed by atoms with Crippen LogP contribution in [0.25, 0.3) is 0 Å². The maximum Gasteiger partial charge on any atom is 0.216 e. The fraction of sp³-hybridized carbons (Fsp3) is 0.909. The second kappa shape index (κ2) is 5.35. The molecule has 0 aromatic heterocycles. The van der Waals surface area contributed by atoms with Gasteiger partial charge in [0.2, 0.25) is 5.91 Å². The number of hydrogen-bond acceptors (Lipinski definition) is 2. The predicted octanol–water partition coefficient (Wildman–Crippen LogP) is 1.52. The van der Waals surface area contributed by atoms with E-state index in [0.29, 0.717) is 12.5 Å². The molecule has 0 spiro atoms. The molecule has 3 heteroatoms. The summed E-state index contributed by atoms with van der Waals surface area (Å²) in [4.78, 5) is 10.7. The molecule has 14 heavy (non-hydrogen) atoms. The van der Waals surface area contributed by atoms with Crippen LogP contribution in [0.3, 0.4) is 0 Å². The summed E-state index contributed by atoms with van der Waals surface area (Å²) in [7, 11) is 0. The summed E-state index contributed by atoms with van der Waals surface area (Å²) in [6.07, 6.45) is 0.923. The van der Waals surface area contributed by atoms with Gasteiger partial charge < -0.3 is 11.1 Å². The molecular weight excluding hydrogens is 176 g/mol. The van der Waals surface area contributed by atoms with Gasteiger partial charge in [-0.05, 0) is 17.8 Å². The van der Waals surface area contributed by atoms with Crippen molar-refractivity contribution in [2.45, 2.75) is 47.1 Å². The molecule has 0 heterocycles. The van der Waals surface area contributed by atoms with Crippen molar-refractivity contribution in [3.63, 3.8) is 0 Å². The number of nitrogens with two attached hydrogens (primary N) is 1. The summed E-state index contributed by atoms with van der Waals surface area (Å²) in [5, 5.41) is 2.80. The molecule has 3 nitrogen and oxygen atoms in total. The van der Waals surface area contributed by atoms with E-state index < -0.39 is 0 Å². The molecule has 1 amide bonds. The molecule has 0 radical (unpaired) electrons. The fourth-order valence-corrected chi connectivity index (χ4v) is 1.63. The van der Waals surface area contributed by atoms with Gasteiger partial charge in [-0.25, -0.2) is 0 Å². The number of rotatable bonds is 5. The third kappa shape index (κ3) is 4.61. The molecule has 1 atom stereocenters. The maximum absolute atomic E-state index is 10.7. The molecule has 0 aromatic rings. The van der Waals surface area contributed by atoms with Gasteiger partial charge in [0.05, 0.1) is 0 Å². The highest BCUT2D eigenvalue weighted by Crippen LogP contribution is 2.27. The summed E-state index contributed by atoms with van der Waals surface area (Å²) in [5.41, 5.74) is 6.18. The quantitative estimate of drug-likeness (QED) is 0.707. The molecule has 0 rings (SSSR count). The highest BCUT2D eigenvalue weighted by atomic mass is 16.1. The lowest BCUT2D eigenvalue weighted by molar-refractivity contribution is -0.119. The summed E-state index contributed by atoms with van der Waals surface area (Å²) in [6.45, 7) is 10.8. The third-order valence-electron chi connectivity index (χ3n) is 2.76. The van der Waals surface area contributed by atoms with E-state index in [1.165, 1.54) is 6.92 Å². The number of hydrogen-bond donors (Lipinski definition) is 2. The molecule has 0 aromatic carbocycles. The van der Waals surface area contributed by atoms with Crippen LogP contribution >= 0.6 is 0 Å². The Hall–Kier alpha value is -0.570. The van der Waals surface area contributed by atoms with Crippen molar-refractivity contribution in [2.24, 2.45) is 17.1 Å². The van der Waals surface area contributed by atoms with Gasteiger partial charge in [0.1, 0.15) is 0 Å². The van der Waals surface area contributed by atoms with Crippen LogP contribution in [0.2, 0.25) is 0 Å². The summed E-state index contributed by atoms with van der Waals surface area (Å²) >= 11 is 0. The van der Waals surface area contributed by atoms with Crippen LogP contribution in [-0.4, -0.2) is 18.5 Å². The number of nitrogens with one attached hydrogen (secondary N) is 1. The van der Waals surface area contributed by atoms with Gasteiger partial charge >= 0.3 is 0 Å². The maximum atomic E-state index is 10.7. The minimum atomic E-state index is 0.0268. The number of carbonyl (C=O) groups excluding carboxylic acids is 1. The molecule has 0 saturated carbocycles. The van der Waals surface area contributed by atoms with E-state index >= 15 is 0 Å². The van der Waals surface area contributed by atoms with E-state index in [1.807, 2.05) is 0 Å². The van der Waals surface area contributed by atoms with Crippen molar-refractivity contribution < 1.29 is 4.79 Å². The zero-order chi connectivity index (χ0) is 11.4. The molecule has 0 fully saturated rings. The fourth-order valence-electron chi connectivity index (χ4n) is 1.63. The van der Waals surface area contributed by atoms with Gasteiger partial charge in [0, 0.05) is 19.5 Å². The first-order valence-corrected chi connectivity index (χ1v) is 5.27. The minimum Gasteiger partial charge on any atom is -0.356 e.